The van der Waals surface area contributed by atoms with E-state index in [0.717, 1.165) is 16.9 Å². The van der Waals surface area contributed by atoms with E-state index in [-0.39, 0.29) is 4.90 Å². The van der Waals surface area contributed by atoms with Gasteiger partial charge in [-0.2, -0.15) is 5.21 Å². The van der Waals surface area contributed by atoms with E-state index >= 15 is 0 Å². The number of nitrogens with zero attached hydrogens (tertiary/aromatic N) is 3. The molecule has 9 heteroatoms. The second-order valence-corrected chi connectivity index (χ2v) is 7.86. The van der Waals surface area contributed by atoms with Crippen molar-refractivity contribution < 1.29 is 13.2 Å². The van der Waals surface area contributed by atoms with Crippen molar-refractivity contribution in [2.45, 2.75) is 4.90 Å². The van der Waals surface area contributed by atoms with E-state index in [2.05, 4.69) is 25.3 Å². The lowest BCUT2D eigenvalue weighted by molar-refractivity contribution is 0.415. The highest BCUT2D eigenvalue weighted by Crippen LogP contribution is 2.26. The van der Waals surface area contributed by atoms with Gasteiger partial charge in [0, 0.05) is 11.3 Å². The molecule has 0 aliphatic rings. The number of benzene rings is 3. The minimum Gasteiger partial charge on any atom is -0.497 e. The summed E-state index contributed by atoms with van der Waals surface area (Å²) in [5, 5.41) is 13.7. The lowest BCUT2D eigenvalue weighted by Gasteiger charge is -2.10. The van der Waals surface area contributed by atoms with E-state index in [1.54, 1.807) is 49.6 Å². The Hall–Kier alpha value is -3.72. The minimum atomic E-state index is -3.78. The molecule has 0 radical (unpaired) electrons. The normalized spacial score (nSPS) is 11.2. The van der Waals surface area contributed by atoms with E-state index < -0.39 is 10.0 Å². The summed E-state index contributed by atoms with van der Waals surface area (Å²) in [5.74, 6) is 1.12. The predicted molar refractivity (Wildman–Crippen MR) is 109 cm³/mol. The third-order valence-corrected chi connectivity index (χ3v) is 5.66. The molecule has 29 heavy (non-hydrogen) atoms. The molecule has 1 aromatic heterocycles. The molecule has 4 rings (SSSR count). The fourth-order valence-electron chi connectivity index (χ4n) is 2.85. The van der Waals surface area contributed by atoms with Crippen LogP contribution in [0.3, 0.4) is 0 Å². The van der Waals surface area contributed by atoms with E-state index in [4.69, 9.17) is 4.74 Å². The lowest BCUT2D eigenvalue weighted by atomic mass is 10.1. The Kier molecular flexibility index (Phi) is 4.96. The summed E-state index contributed by atoms with van der Waals surface area (Å²) >= 11 is 0. The number of rotatable bonds is 6. The van der Waals surface area contributed by atoms with Crippen LogP contribution in [-0.2, 0) is 10.0 Å². The van der Waals surface area contributed by atoms with Crippen LogP contribution in [0.4, 0.5) is 5.69 Å². The molecule has 0 saturated heterocycles. The number of anilines is 1. The third kappa shape index (κ3) is 4.09. The van der Waals surface area contributed by atoms with Crippen molar-refractivity contribution in [2.75, 3.05) is 11.8 Å². The quantitative estimate of drug-likeness (QED) is 0.507. The van der Waals surface area contributed by atoms with Gasteiger partial charge in [0.1, 0.15) is 5.75 Å². The van der Waals surface area contributed by atoms with Crippen LogP contribution in [0.1, 0.15) is 0 Å². The molecule has 0 aliphatic heterocycles. The van der Waals surface area contributed by atoms with Crippen LogP contribution in [-0.4, -0.2) is 36.2 Å². The Bertz CT molecular complexity index is 1220. The van der Waals surface area contributed by atoms with Gasteiger partial charge in [-0.05, 0) is 52.7 Å². The molecular formula is C20H17N5O3S. The molecule has 1 heterocycles. The van der Waals surface area contributed by atoms with Crippen LogP contribution in [0.25, 0.3) is 22.5 Å². The molecule has 0 unspecified atom stereocenters. The number of aromatic amines is 1. The van der Waals surface area contributed by atoms with Gasteiger partial charge >= 0.3 is 0 Å². The molecule has 146 valence electrons. The first-order chi connectivity index (χ1) is 14.0. The number of methoxy groups -OCH3 is 1. The number of tetrazole rings is 1. The van der Waals surface area contributed by atoms with E-state index in [1.807, 2.05) is 30.3 Å². The summed E-state index contributed by atoms with van der Waals surface area (Å²) in [6, 6.07) is 21.0. The molecular weight excluding hydrogens is 390 g/mol. The van der Waals surface area contributed by atoms with Crippen molar-refractivity contribution in [1.82, 2.24) is 20.6 Å². The fraction of sp³-hybridized carbons (Fsp3) is 0.0500. The number of aromatic nitrogens is 4. The summed E-state index contributed by atoms with van der Waals surface area (Å²) in [5.41, 5.74) is 2.73. The smallest absolute Gasteiger partial charge is 0.261 e. The molecule has 0 bridgehead atoms. The molecule has 4 aromatic rings. The zero-order valence-electron chi connectivity index (χ0n) is 15.4. The Morgan fingerprint density at radius 1 is 0.897 bits per heavy atom. The highest BCUT2D eigenvalue weighted by atomic mass is 32.2. The van der Waals surface area contributed by atoms with Crippen LogP contribution >= 0.6 is 0 Å². The maximum Gasteiger partial charge on any atom is 0.261 e. The SMILES string of the molecule is COc1ccc(-c2cccc(S(=O)(=O)Nc3cccc(-c4nn[nH]n4)c3)c2)cc1. The monoisotopic (exact) mass is 407 g/mol. The van der Waals surface area contributed by atoms with Crippen LogP contribution in [0, 0.1) is 0 Å². The standard InChI is InChI=1S/C20H17N5O3S/c1-28-18-10-8-14(9-11-18)15-4-3-7-19(13-15)29(26,27)23-17-6-2-5-16(12-17)20-21-24-25-22-20/h2-13,23H,1H3,(H,21,22,24,25). The summed E-state index contributed by atoms with van der Waals surface area (Å²) in [6.07, 6.45) is 0. The molecule has 0 amide bonds. The van der Waals surface area contributed by atoms with Gasteiger partial charge < -0.3 is 4.74 Å². The average molecular weight is 407 g/mol. The first-order valence-corrected chi connectivity index (χ1v) is 10.1. The average Bonchev–Trinajstić information content (AvgIpc) is 3.29. The summed E-state index contributed by atoms with van der Waals surface area (Å²) < 4.78 is 33.6. The zero-order chi connectivity index (χ0) is 20.3. The maximum atomic E-state index is 12.9. The number of hydrogen-bond acceptors (Lipinski definition) is 6. The highest BCUT2D eigenvalue weighted by Gasteiger charge is 2.16. The Morgan fingerprint density at radius 2 is 1.66 bits per heavy atom. The topological polar surface area (TPSA) is 110 Å². The van der Waals surface area contributed by atoms with Gasteiger partial charge in [-0.15, -0.1) is 10.2 Å². The van der Waals surface area contributed by atoms with E-state index in [0.29, 0.717) is 17.1 Å². The summed E-state index contributed by atoms with van der Waals surface area (Å²) in [6.45, 7) is 0. The molecule has 0 spiro atoms. The van der Waals surface area contributed by atoms with Crippen LogP contribution in [0.15, 0.2) is 77.7 Å². The Balaban J connectivity index is 1.61. The molecule has 0 fully saturated rings. The molecule has 0 atom stereocenters. The summed E-state index contributed by atoms with van der Waals surface area (Å²) in [4.78, 5) is 0.163. The van der Waals surface area contributed by atoms with Crippen LogP contribution in [0.2, 0.25) is 0 Å². The van der Waals surface area contributed by atoms with Crippen molar-refractivity contribution in [3.05, 3.63) is 72.8 Å². The first kappa shape index (κ1) is 18.6. The number of hydrogen-bond donors (Lipinski definition) is 2. The summed E-state index contributed by atoms with van der Waals surface area (Å²) in [7, 11) is -2.18. The lowest BCUT2D eigenvalue weighted by Crippen LogP contribution is -2.13. The maximum absolute atomic E-state index is 12.9. The number of sulfonamides is 1. The first-order valence-electron chi connectivity index (χ1n) is 8.66. The molecule has 8 nitrogen and oxygen atoms in total. The van der Waals surface area contributed by atoms with Gasteiger partial charge in [-0.1, -0.05) is 36.4 Å². The number of H-pyrrole nitrogens is 1. The van der Waals surface area contributed by atoms with Gasteiger partial charge in [-0.25, -0.2) is 8.42 Å². The number of nitrogens with one attached hydrogen (secondary N) is 2. The highest BCUT2D eigenvalue weighted by molar-refractivity contribution is 7.92. The molecule has 3 aromatic carbocycles. The Morgan fingerprint density at radius 3 is 2.38 bits per heavy atom. The van der Waals surface area contributed by atoms with Crippen molar-refractivity contribution >= 4 is 15.7 Å². The van der Waals surface area contributed by atoms with Crippen LogP contribution in [0.5, 0.6) is 5.75 Å². The molecule has 0 aliphatic carbocycles. The predicted octanol–water partition coefficient (Wildman–Crippen LogP) is 3.34. The second kappa shape index (κ2) is 7.72. The minimum absolute atomic E-state index is 0.163. The fourth-order valence-corrected chi connectivity index (χ4v) is 3.94. The second-order valence-electron chi connectivity index (χ2n) is 6.18. The Labute approximate surface area is 167 Å². The van der Waals surface area contributed by atoms with Gasteiger partial charge in [-0.3, -0.25) is 4.72 Å². The van der Waals surface area contributed by atoms with Gasteiger partial charge in [0.05, 0.1) is 12.0 Å². The van der Waals surface area contributed by atoms with Gasteiger partial charge in [0.2, 0.25) is 5.82 Å². The van der Waals surface area contributed by atoms with Crippen molar-refractivity contribution in [3.63, 3.8) is 0 Å². The number of ether oxygens (including phenoxy) is 1. The largest absolute Gasteiger partial charge is 0.497 e. The molecule has 0 saturated carbocycles. The third-order valence-electron chi connectivity index (χ3n) is 4.29. The zero-order valence-corrected chi connectivity index (χ0v) is 16.2. The van der Waals surface area contributed by atoms with Crippen molar-refractivity contribution in [2.24, 2.45) is 0 Å². The van der Waals surface area contributed by atoms with E-state index in [9.17, 15) is 8.42 Å². The van der Waals surface area contributed by atoms with E-state index in [1.165, 1.54) is 0 Å². The van der Waals surface area contributed by atoms with Crippen LogP contribution < -0.4 is 9.46 Å². The van der Waals surface area contributed by atoms with Crippen molar-refractivity contribution in [3.8, 4) is 28.3 Å². The van der Waals surface area contributed by atoms with Gasteiger partial charge in [0.15, 0.2) is 0 Å². The van der Waals surface area contributed by atoms with Gasteiger partial charge in [0.25, 0.3) is 10.0 Å². The molecule has 2 N–H and O–H groups in total. The van der Waals surface area contributed by atoms with Crippen molar-refractivity contribution in [1.29, 1.82) is 0 Å².